The molecule has 5 aromatic rings. The van der Waals surface area contributed by atoms with Crippen LogP contribution in [-0.2, 0) is 4.74 Å². The normalized spacial score (nSPS) is 13.5. The van der Waals surface area contributed by atoms with E-state index < -0.39 is 0 Å². The molecule has 10 nitrogen and oxygen atoms in total. The van der Waals surface area contributed by atoms with Crippen molar-refractivity contribution in [2.75, 3.05) is 51.9 Å². The summed E-state index contributed by atoms with van der Waals surface area (Å²) in [6.07, 6.45) is 4.14. The molecule has 1 saturated heterocycles. The molecule has 0 saturated carbocycles. The van der Waals surface area contributed by atoms with Crippen LogP contribution in [0.15, 0.2) is 90.1 Å². The third kappa shape index (κ3) is 6.66. The Morgan fingerprint density at radius 1 is 0.932 bits per heavy atom. The Balaban J connectivity index is 1.15. The van der Waals surface area contributed by atoms with Crippen molar-refractivity contribution in [2.45, 2.75) is 13.3 Å². The molecule has 1 N–H and O–H groups in total. The van der Waals surface area contributed by atoms with Crippen molar-refractivity contribution in [3.05, 3.63) is 101 Å². The van der Waals surface area contributed by atoms with Gasteiger partial charge in [-0.25, -0.2) is 4.98 Å². The Labute approximate surface area is 255 Å². The van der Waals surface area contributed by atoms with E-state index in [0.29, 0.717) is 46.7 Å². The molecule has 2 aromatic heterocycles. The zero-order valence-corrected chi connectivity index (χ0v) is 24.9. The molecule has 3 aromatic carbocycles. The van der Waals surface area contributed by atoms with Gasteiger partial charge in [-0.1, -0.05) is 18.2 Å². The van der Waals surface area contributed by atoms with Crippen molar-refractivity contribution in [3.63, 3.8) is 0 Å². The van der Waals surface area contributed by atoms with Gasteiger partial charge in [-0.3, -0.25) is 19.2 Å². The molecule has 0 aliphatic carbocycles. The molecule has 1 aliphatic heterocycles. The predicted molar refractivity (Wildman–Crippen MR) is 170 cm³/mol. The average molecular weight is 594 g/mol. The number of hydrogen-bond acceptors (Lipinski definition) is 9. The average Bonchev–Trinajstić information content (AvgIpc) is 3.06. The molecule has 0 atom stereocenters. The third-order valence-electron chi connectivity index (χ3n) is 7.54. The second-order valence-corrected chi connectivity index (χ2v) is 10.5. The first-order valence-electron chi connectivity index (χ1n) is 14.7. The summed E-state index contributed by atoms with van der Waals surface area (Å²) in [5.74, 6) is 3.04. The van der Waals surface area contributed by atoms with Crippen molar-refractivity contribution < 1.29 is 18.9 Å². The lowest BCUT2D eigenvalue weighted by Gasteiger charge is -2.26. The van der Waals surface area contributed by atoms with Gasteiger partial charge < -0.3 is 24.3 Å². The van der Waals surface area contributed by atoms with Crippen LogP contribution in [0.25, 0.3) is 16.6 Å². The number of hydrogen-bond donors (Lipinski definition) is 1. The van der Waals surface area contributed by atoms with Crippen LogP contribution in [0.5, 0.6) is 23.0 Å². The molecule has 6 rings (SSSR count). The monoisotopic (exact) mass is 593 g/mol. The minimum atomic E-state index is -0.154. The molecule has 1 fully saturated rings. The van der Waals surface area contributed by atoms with E-state index in [1.54, 1.807) is 20.2 Å². The Hall–Kier alpha value is -4.93. The zero-order valence-electron chi connectivity index (χ0n) is 24.9. The number of nitrogens with zero attached hydrogens (tertiary/aromatic N) is 4. The highest BCUT2D eigenvalue weighted by Gasteiger charge is 2.14. The van der Waals surface area contributed by atoms with Crippen molar-refractivity contribution in [1.29, 1.82) is 0 Å². The number of anilines is 2. The quantitative estimate of drug-likeness (QED) is 0.192. The fourth-order valence-electron chi connectivity index (χ4n) is 5.10. The molecule has 0 spiro atoms. The van der Waals surface area contributed by atoms with Gasteiger partial charge in [0.25, 0.3) is 5.56 Å². The van der Waals surface area contributed by atoms with Crippen LogP contribution in [0.2, 0.25) is 0 Å². The molecular formula is C34H35N5O5. The molecule has 10 heteroatoms. The maximum atomic E-state index is 13.2. The number of pyridine rings is 1. The number of benzene rings is 3. The third-order valence-corrected chi connectivity index (χ3v) is 7.54. The van der Waals surface area contributed by atoms with Gasteiger partial charge in [-0.2, -0.15) is 0 Å². The first kappa shape index (κ1) is 29.2. The van der Waals surface area contributed by atoms with Gasteiger partial charge in [0.1, 0.15) is 23.6 Å². The van der Waals surface area contributed by atoms with E-state index in [4.69, 9.17) is 18.9 Å². The van der Waals surface area contributed by atoms with Crippen molar-refractivity contribution in [2.24, 2.45) is 0 Å². The van der Waals surface area contributed by atoms with Crippen LogP contribution < -0.4 is 25.1 Å². The van der Waals surface area contributed by atoms with E-state index in [0.717, 1.165) is 55.9 Å². The van der Waals surface area contributed by atoms with Crippen LogP contribution in [0.3, 0.4) is 0 Å². The summed E-state index contributed by atoms with van der Waals surface area (Å²) >= 11 is 0. The van der Waals surface area contributed by atoms with Crippen molar-refractivity contribution >= 4 is 22.4 Å². The second kappa shape index (κ2) is 13.6. The summed E-state index contributed by atoms with van der Waals surface area (Å²) in [6, 6.07) is 22.5. The number of para-hydroxylation sites is 1. The second-order valence-electron chi connectivity index (χ2n) is 10.5. The predicted octanol–water partition coefficient (Wildman–Crippen LogP) is 5.73. The number of morpholine rings is 1. The lowest BCUT2D eigenvalue weighted by atomic mass is 10.1. The summed E-state index contributed by atoms with van der Waals surface area (Å²) in [5.41, 5.74) is 2.65. The lowest BCUT2D eigenvalue weighted by molar-refractivity contribution is 0.0357. The molecule has 226 valence electrons. The van der Waals surface area contributed by atoms with Gasteiger partial charge in [-0.15, -0.1) is 0 Å². The molecular weight excluding hydrogens is 558 g/mol. The molecule has 0 amide bonds. The Morgan fingerprint density at radius 3 is 2.50 bits per heavy atom. The van der Waals surface area contributed by atoms with Crippen LogP contribution in [0.4, 0.5) is 11.5 Å². The number of nitrogens with one attached hydrogen (secondary N) is 1. The first-order chi connectivity index (χ1) is 21.6. The molecule has 1 aliphatic rings. The van der Waals surface area contributed by atoms with Gasteiger partial charge in [0.05, 0.1) is 43.7 Å². The number of fused-ring (bicyclic) bond motifs is 1. The SMILES string of the molecule is COc1cc2c(Oc3ccc(-n4cnc(Nc5ccccc5)c(C)c4=O)cc3)ccnc2cc1OCCCN1CCOCC1. The van der Waals surface area contributed by atoms with E-state index in [2.05, 4.69) is 20.2 Å². The Morgan fingerprint density at radius 2 is 1.73 bits per heavy atom. The number of ether oxygens (including phenoxy) is 4. The van der Waals surface area contributed by atoms with E-state index >= 15 is 0 Å². The maximum Gasteiger partial charge on any atom is 0.262 e. The summed E-state index contributed by atoms with van der Waals surface area (Å²) in [7, 11) is 1.63. The summed E-state index contributed by atoms with van der Waals surface area (Å²) in [4.78, 5) is 24.6. The summed E-state index contributed by atoms with van der Waals surface area (Å²) < 4.78 is 25.0. The highest BCUT2D eigenvalue weighted by molar-refractivity contribution is 5.88. The smallest absolute Gasteiger partial charge is 0.262 e. The highest BCUT2D eigenvalue weighted by atomic mass is 16.5. The maximum absolute atomic E-state index is 13.2. The largest absolute Gasteiger partial charge is 0.493 e. The van der Waals surface area contributed by atoms with Crippen LogP contribution in [-0.4, -0.2) is 66.0 Å². The van der Waals surface area contributed by atoms with Crippen molar-refractivity contribution in [1.82, 2.24) is 19.4 Å². The minimum absolute atomic E-state index is 0.154. The van der Waals surface area contributed by atoms with Gasteiger partial charge in [-0.05, 0) is 61.9 Å². The van der Waals surface area contributed by atoms with E-state index in [1.165, 1.54) is 10.9 Å². The van der Waals surface area contributed by atoms with Crippen LogP contribution in [0.1, 0.15) is 12.0 Å². The Bertz CT molecular complexity index is 1770. The fourth-order valence-corrected chi connectivity index (χ4v) is 5.10. The van der Waals surface area contributed by atoms with E-state index in [1.807, 2.05) is 72.8 Å². The van der Waals surface area contributed by atoms with Crippen LogP contribution in [0, 0.1) is 6.92 Å². The molecule has 3 heterocycles. The van der Waals surface area contributed by atoms with Crippen molar-refractivity contribution in [3.8, 4) is 28.7 Å². The van der Waals surface area contributed by atoms with Crippen LogP contribution >= 0.6 is 0 Å². The topological polar surface area (TPSA) is 100.0 Å². The minimum Gasteiger partial charge on any atom is -0.493 e. The zero-order chi connectivity index (χ0) is 30.3. The van der Waals surface area contributed by atoms with Gasteiger partial charge in [0.2, 0.25) is 0 Å². The van der Waals surface area contributed by atoms with E-state index in [-0.39, 0.29) is 5.56 Å². The molecule has 0 bridgehead atoms. The van der Waals surface area contributed by atoms with Gasteiger partial charge in [0.15, 0.2) is 11.5 Å². The lowest BCUT2D eigenvalue weighted by Crippen LogP contribution is -2.37. The molecule has 0 unspecified atom stereocenters. The van der Waals surface area contributed by atoms with E-state index in [9.17, 15) is 4.79 Å². The fraction of sp³-hybridized carbons (Fsp3) is 0.265. The first-order valence-corrected chi connectivity index (χ1v) is 14.7. The molecule has 0 radical (unpaired) electrons. The number of rotatable bonds is 11. The molecule has 44 heavy (non-hydrogen) atoms. The van der Waals surface area contributed by atoms with Gasteiger partial charge >= 0.3 is 0 Å². The number of methoxy groups -OCH3 is 1. The highest BCUT2D eigenvalue weighted by Crippen LogP contribution is 2.37. The van der Waals surface area contributed by atoms with Gasteiger partial charge in [0, 0.05) is 43.0 Å². The summed E-state index contributed by atoms with van der Waals surface area (Å²) in [6.45, 7) is 6.81. The standard InChI is InChI=1S/C34H35N5O5/c1-24-33(37-25-7-4-3-5-8-25)36-23-39(34(24)40)26-9-11-27(12-10-26)44-30-13-14-35-29-22-32(31(41-2)21-28(29)30)43-18-6-15-38-16-19-42-20-17-38/h3-5,7-14,21-23,37H,6,15-20H2,1-2H3. The summed E-state index contributed by atoms with van der Waals surface area (Å²) in [5, 5.41) is 4.01. The Kier molecular flexibility index (Phi) is 9.00. The number of aromatic nitrogens is 3.